The minimum absolute atomic E-state index is 0.307. The lowest BCUT2D eigenvalue weighted by atomic mass is 9.93. The van der Waals surface area contributed by atoms with E-state index in [0.717, 1.165) is 16.3 Å². The largest absolute Gasteiger partial charge is 0.481 e. The summed E-state index contributed by atoms with van der Waals surface area (Å²) >= 11 is 6.44. The number of hydrogen-bond donors (Lipinski definition) is 3. The summed E-state index contributed by atoms with van der Waals surface area (Å²) in [7, 11) is 0. The number of carboxylic acid groups (broad SMARTS) is 2. The van der Waals surface area contributed by atoms with Crippen LogP contribution >= 0.6 is 11.6 Å². The molecule has 3 aromatic carbocycles. The standard InChI is InChI=1S/C30H31ClN2O7/c1-30(2,3)16-33-23-12-11-18(31)13-21(23)27(20-10-6-8-17-7-4-5-9-19(17)20)40-24(28(33)37)15-25(34)32-22(29(38)39)14-26(35)36/h4-13,22,24,27H,14-16H2,1-3H3,(H,32,34)(H,35,36)(H,38,39)/t22-,24+,27+/m0/s1. The van der Waals surface area contributed by atoms with E-state index in [0.29, 0.717) is 22.8 Å². The molecule has 0 fully saturated rings. The number of anilines is 1. The molecule has 2 amide bonds. The quantitative estimate of drug-likeness (QED) is 0.357. The Kier molecular flexibility index (Phi) is 8.46. The van der Waals surface area contributed by atoms with E-state index in [9.17, 15) is 24.3 Å². The van der Waals surface area contributed by atoms with E-state index in [-0.39, 0.29) is 5.41 Å². The van der Waals surface area contributed by atoms with Gasteiger partial charge in [0.1, 0.15) is 18.2 Å². The SMILES string of the molecule is CC(C)(C)CN1C(=O)[C@@H](CC(=O)N[C@@H](CC(=O)O)C(=O)O)O[C@H](c2cccc3ccccc23)c2cc(Cl)ccc21. The highest BCUT2D eigenvalue weighted by molar-refractivity contribution is 6.30. The van der Waals surface area contributed by atoms with Crippen LogP contribution < -0.4 is 10.2 Å². The number of hydrogen-bond acceptors (Lipinski definition) is 5. The molecule has 210 valence electrons. The van der Waals surface area contributed by atoms with Crippen molar-refractivity contribution in [3.63, 3.8) is 0 Å². The average Bonchev–Trinajstić information content (AvgIpc) is 2.97. The molecule has 0 aromatic heterocycles. The molecule has 0 saturated carbocycles. The number of nitrogens with zero attached hydrogens (tertiary/aromatic N) is 1. The number of ether oxygens (including phenoxy) is 1. The lowest BCUT2D eigenvalue weighted by Crippen LogP contribution is -2.47. The predicted molar refractivity (Wildman–Crippen MR) is 150 cm³/mol. The van der Waals surface area contributed by atoms with E-state index in [2.05, 4.69) is 5.32 Å². The fourth-order valence-electron chi connectivity index (χ4n) is 4.86. The maximum absolute atomic E-state index is 14.0. The van der Waals surface area contributed by atoms with Crippen LogP contribution in [0.5, 0.6) is 0 Å². The monoisotopic (exact) mass is 566 g/mol. The number of halogens is 1. The van der Waals surface area contributed by atoms with Gasteiger partial charge in [-0.25, -0.2) is 4.79 Å². The third-order valence-corrected chi connectivity index (χ3v) is 6.76. The molecule has 0 unspecified atom stereocenters. The van der Waals surface area contributed by atoms with Crippen LogP contribution in [0, 0.1) is 5.41 Å². The Bertz CT molecular complexity index is 1460. The second-order valence-electron chi connectivity index (χ2n) is 11.0. The summed E-state index contributed by atoms with van der Waals surface area (Å²) in [5.41, 5.74) is 1.69. The third kappa shape index (κ3) is 6.60. The van der Waals surface area contributed by atoms with Gasteiger partial charge in [-0.05, 0) is 39.9 Å². The number of carbonyl (C=O) groups excluding carboxylic acids is 2. The van der Waals surface area contributed by atoms with Gasteiger partial charge in [-0.15, -0.1) is 0 Å². The van der Waals surface area contributed by atoms with E-state index in [4.69, 9.17) is 21.4 Å². The highest BCUT2D eigenvalue weighted by Crippen LogP contribution is 2.42. The molecule has 3 N–H and O–H groups in total. The van der Waals surface area contributed by atoms with Crippen LogP contribution in [0.1, 0.15) is 50.8 Å². The van der Waals surface area contributed by atoms with Gasteiger partial charge in [-0.2, -0.15) is 0 Å². The number of benzene rings is 3. The van der Waals surface area contributed by atoms with Gasteiger partial charge in [0, 0.05) is 22.8 Å². The van der Waals surface area contributed by atoms with Crippen LogP contribution in [0.15, 0.2) is 60.7 Å². The van der Waals surface area contributed by atoms with E-state index < -0.39 is 54.8 Å². The van der Waals surface area contributed by atoms with Gasteiger partial charge in [-0.3, -0.25) is 14.4 Å². The van der Waals surface area contributed by atoms with E-state index in [1.165, 1.54) is 0 Å². The maximum Gasteiger partial charge on any atom is 0.326 e. The fourth-order valence-corrected chi connectivity index (χ4v) is 5.04. The molecule has 10 heteroatoms. The van der Waals surface area contributed by atoms with Crippen molar-refractivity contribution in [3.8, 4) is 0 Å². The van der Waals surface area contributed by atoms with Crippen molar-refractivity contribution >= 4 is 51.8 Å². The summed E-state index contributed by atoms with van der Waals surface area (Å²) in [6, 6.07) is 17.0. The van der Waals surface area contributed by atoms with E-state index >= 15 is 0 Å². The highest BCUT2D eigenvalue weighted by atomic mass is 35.5. The molecule has 3 aromatic rings. The maximum atomic E-state index is 14.0. The van der Waals surface area contributed by atoms with Crippen LogP contribution in [0.25, 0.3) is 10.8 Å². The van der Waals surface area contributed by atoms with Crippen molar-refractivity contribution < 1.29 is 34.1 Å². The summed E-state index contributed by atoms with van der Waals surface area (Å²) in [6.45, 7) is 6.25. The molecular formula is C30H31ClN2O7. The Labute approximate surface area is 236 Å². The zero-order valence-electron chi connectivity index (χ0n) is 22.4. The number of nitrogens with one attached hydrogen (secondary N) is 1. The normalized spacial score (nSPS) is 18.1. The zero-order valence-corrected chi connectivity index (χ0v) is 23.1. The number of fused-ring (bicyclic) bond motifs is 2. The van der Waals surface area contributed by atoms with Gasteiger partial charge in [-0.1, -0.05) is 74.8 Å². The first-order valence-corrected chi connectivity index (χ1v) is 13.2. The Morgan fingerprint density at radius 1 is 1.02 bits per heavy atom. The van der Waals surface area contributed by atoms with Gasteiger partial charge in [0.15, 0.2) is 0 Å². The fraction of sp³-hybridized carbons (Fsp3) is 0.333. The Hall–Kier alpha value is -3.95. The first kappa shape index (κ1) is 29.0. The van der Waals surface area contributed by atoms with Crippen molar-refractivity contribution in [1.29, 1.82) is 0 Å². The molecule has 1 aliphatic heterocycles. The Balaban J connectivity index is 1.81. The topological polar surface area (TPSA) is 133 Å². The minimum atomic E-state index is -1.65. The van der Waals surface area contributed by atoms with Gasteiger partial charge in [0.05, 0.1) is 12.8 Å². The summed E-state index contributed by atoms with van der Waals surface area (Å²) in [5.74, 6) is -4.16. The van der Waals surface area contributed by atoms with Gasteiger partial charge in [0.2, 0.25) is 5.91 Å². The molecule has 0 spiro atoms. The summed E-state index contributed by atoms with van der Waals surface area (Å²) in [5, 5.41) is 23.0. The van der Waals surface area contributed by atoms with Crippen LogP contribution in [-0.2, 0) is 23.9 Å². The van der Waals surface area contributed by atoms with E-state index in [1.54, 1.807) is 23.1 Å². The van der Waals surface area contributed by atoms with Crippen molar-refractivity contribution in [2.75, 3.05) is 11.4 Å². The Morgan fingerprint density at radius 3 is 2.40 bits per heavy atom. The molecule has 9 nitrogen and oxygen atoms in total. The smallest absolute Gasteiger partial charge is 0.326 e. The summed E-state index contributed by atoms with van der Waals surface area (Å²) in [6.07, 6.45) is -3.40. The summed E-state index contributed by atoms with van der Waals surface area (Å²) in [4.78, 5) is 51.3. The number of aliphatic carboxylic acids is 2. The third-order valence-electron chi connectivity index (χ3n) is 6.53. The molecule has 40 heavy (non-hydrogen) atoms. The molecule has 1 heterocycles. The van der Waals surface area contributed by atoms with Gasteiger partial charge in [0.25, 0.3) is 5.91 Å². The lowest BCUT2D eigenvalue weighted by molar-refractivity contribution is -0.148. The molecular weight excluding hydrogens is 536 g/mol. The number of carbonyl (C=O) groups is 4. The van der Waals surface area contributed by atoms with Crippen LogP contribution in [0.2, 0.25) is 5.02 Å². The second-order valence-corrected chi connectivity index (χ2v) is 11.5. The molecule has 0 bridgehead atoms. The van der Waals surface area contributed by atoms with Crippen molar-refractivity contribution in [2.45, 2.75) is 51.9 Å². The molecule has 0 aliphatic carbocycles. The number of rotatable bonds is 8. The molecule has 3 atom stereocenters. The zero-order chi connectivity index (χ0) is 29.2. The first-order chi connectivity index (χ1) is 18.8. The second kappa shape index (κ2) is 11.7. The van der Waals surface area contributed by atoms with Crippen molar-refractivity contribution in [1.82, 2.24) is 5.32 Å². The van der Waals surface area contributed by atoms with Crippen LogP contribution in [0.3, 0.4) is 0 Å². The number of amides is 2. The molecule has 4 rings (SSSR count). The first-order valence-electron chi connectivity index (χ1n) is 12.8. The van der Waals surface area contributed by atoms with Crippen LogP contribution in [0.4, 0.5) is 5.69 Å². The Morgan fingerprint density at radius 2 is 1.73 bits per heavy atom. The van der Waals surface area contributed by atoms with Crippen molar-refractivity contribution in [3.05, 3.63) is 76.8 Å². The van der Waals surface area contributed by atoms with E-state index in [1.807, 2.05) is 63.2 Å². The molecule has 1 aliphatic rings. The average molecular weight is 567 g/mol. The van der Waals surface area contributed by atoms with Gasteiger partial charge < -0.3 is 25.2 Å². The lowest BCUT2D eigenvalue weighted by Gasteiger charge is -2.31. The highest BCUT2D eigenvalue weighted by Gasteiger charge is 2.40. The van der Waals surface area contributed by atoms with Crippen LogP contribution in [-0.4, -0.2) is 52.7 Å². The predicted octanol–water partition coefficient (Wildman–Crippen LogP) is 4.79. The molecule has 0 radical (unpaired) electrons. The van der Waals surface area contributed by atoms with Gasteiger partial charge >= 0.3 is 11.9 Å². The minimum Gasteiger partial charge on any atom is -0.481 e. The summed E-state index contributed by atoms with van der Waals surface area (Å²) < 4.78 is 6.46. The van der Waals surface area contributed by atoms with Crippen molar-refractivity contribution in [2.24, 2.45) is 5.41 Å². The molecule has 0 saturated heterocycles. The number of carboxylic acids is 2.